The van der Waals surface area contributed by atoms with Crippen LogP contribution in [-0.2, 0) is 0 Å². The molecule has 6 heteroatoms. The summed E-state index contributed by atoms with van der Waals surface area (Å²) in [5.41, 5.74) is 1.35. The van der Waals surface area contributed by atoms with Crippen molar-refractivity contribution < 1.29 is 10.0 Å². The minimum absolute atomic E-state index is 0.344. The molecule has 0 aliphatic carbocycles. The van der Waals surface area contributed by atoms with E-state index in [0.717, 1.165) is 0 Å². The fourth-order valence-electron chi connectivity index (χ4n) is 1.63. The van der Waals surface area contributed by atoms with Gasteiger partial charge in [0.15, 0.2) is 5.75 Å². The number of hydrogen-bond donors (Lipinski definition) is 1. The van der Waals surface area contributed by atoms with Crippen LogP contribution in [-0.4, -0.2) is 15.0 Å². The fourth-order valence-corrected chi connectivity index (χ4v) is 1.63. The molecule has 0 aliphatic rings. The number of phenols is 1. The summed E-state index contributed by atoms with van der Waals surface area (Å²) in [6.07, 6.45) is 6.35. The molecule has 0 saturated carbocycles. The average molecular weight is 267 g/mol. The van der Waals surface area contributed by atoms with Gasteiger partial charge < -0.3 is 5.11 Å². The van der Waals surface area contributed by atoms with Gasteiger partial charge in [0.05, 0.1) is 10.5 Å². The van der Waals surface area contributed by atoms with Gasteiger partial charge in [-0.3, -0.25) is 15.1 Å². The van der Waals surface area contributed by atoms with Crippen LogP contribution < -0.4 is 0 Å². The van der Waals surface area contributed by atoms with Crippen LogP contribution in [0.4, 0.5) is 5.69 Å². The molecule has 2 rings (SSSR count). The zero-order chi connectivity index (χ0) is 14.5. The molecule has 0 unspecified atom stereocenters. The molecule has 0 amide bonds. The highest BCUT2D eigenvalue weighted by atomic mass is 16.6. The lowest BCUT2D eigenvalue weighted by Crippen LogP contribution is -1.88. The Kier molecular flexibility index (Phi) is 3.72. The molecule has 6 nitrogen and oxygen atoms in total. The third-order valence-corrected chi connectivity index (χ3v) is 2.63. The van der Waals surface area contributed by atoms with Crippen LogP contribution >= 0.6 is 0 Å². The Balaban J connectivity index is 2.31. The van der Waals surface area contributed by atoms with Crippen molar-refractivity contribution in [2.45, 2.75) is 0 Å². The highest BCUT2D eigenvalue weighted by Gasteiger charge is 2.11. The minimum Gasteiger partial charge on any atom is -0.502 e. The topological polar surface area (TPSA) is 100 Å². The fraction of sp³-hybridized carbons (Fsp3) is 0. The lowest BCUT2D eigenvalue weighted by Gasteiger charge is -1.99. The van der Waals surface area contributed by atoms with Crippen molar-refractivity contribution in [1.82, 2.24) is 4.98 Å². The first-order chi connectivity index (χ1) is 9.61. The van der Waals surface area contributed by atoms with Gasteiger partial charge in [0.1, 0.15) is 6.07 Å². The predicted octanol–water partition coefficient (Wildman–Crippen LogP) is 2.74. The van der Waals surface area contributed by atoms with Crippen molar-refractivity contribution in [2.75, 3.05) is 0 Å². The second-order valence-corrected chi connectivity index (χ2v) is 3.91. The normalized spacial score (nSPS) is 10.3. The molecule has 0 aliphatic heterocycles. The molecule has 0 fully saturated rings. The predicted molar refractivity (Wildman–Crippen MR) is 72.6 cm³/mol. The van der Waals surface area contributed by atoms with Crippen LogP contribution in [0.25, 0.3) is 12.2 Å². The van der Waals surface area contributed by atoms with Crippen molar-refractivity contribution in [1.29, 1.82) is 5.26 Å². The van der Waals surface area contributed by atoms with E-state index >= 15 is 0 Å². The number of nitro benzene ring substituents is 1. The van der Waals surface area contributed by atoms with Gasteiger partial charge in [-0.15, -0.1) is 0 Å². The lowest BCUT2D eigenvalue weighted by atomic mass is 10.1. The maximum Gasteiger partial charge on any atom is 0.310 e. The van der Waals surface area contributed by atoms with Crippen LogP contribution in [0.5, 0.6) is 5.75 Å². The summed E-state index contributed by atoms with van der Waals surface area (Å²) in [5, 5.41) is 29.0. The van der Waals surface area contributed by atoms with Crippen molar-refractivity contribution >= 4 is 17.8 Å². The van der Waals surface area contributed by atoms with E-state index in [4.69, 9.17) is 5.26 Å². The molecule has 98 valence electrons. The Morgan fingerprint density at radius 1 is 1.35 bits per heavy atom. The van der Waals surface area contributed by atoms with Gasteiger partial charge in [-0.1, -0.05) is 12.2 Å². The summed E-state index contributed by atoms with van der Waals surface area (Å²) in [4.78, 5) is 13.8. The van der Waals surface area contributed by atoms with Gasteiger partial charge in [-0.25, -0.2) is 0 Å². The molecule has 1 heterocycles. The first-order valence-corrected chi connectivity index (χ1v) is 5.61. The number of nitriles is 1. The van der Waals surface area contributed by atoms with Crippen LogP contribution in [0, 0.1) is 21.4 Å². The van der Waals surface area contributed by atoms with Crippen LogP contribution in [0.2, 0.25) is 0 Å². The Hall–Kier alpha value is -3.20. The highest BCUT2D eigenvalue weighted by Crippen LogP contribution is 2.27. The Morgan fingerprint density at radius 3 is 2.80 bits per heavy atom. The second kappa shape index (κ2) is 5.63. The number of hydrogen-bond acceptors (Lipinski definition) is 5. The molecule has 2 aromatic rings. The van der Waals surface area contributed by atoms with E-state index in [0.29, 0.717) is 16.7 Å². The summed E-state index contributed by atoms with van der Waals surface area (Å²) in [6, 6.07) is 7.73. The number of aromatic hydroxyl groups is 1. The third kappa shape index (κ3) is 2.79. The van der Waals surface area contributed by atoms with Gasteiger partial charge in [-0.05, 0) is 29.3 Å². The molecule has 0 radical (unpaired) electrons. The highest BCUT2D eigenvalue weighted by molar-refractivity contribution is 5.73. The molecule has 0 atom stereocenters. The molecule has 0 saturated heterocycles. The number of nitrogens with zero attached hydrogens (tertiary/aromatic N) is 3. The summed E-state index contributed by atoms with van der Waals surface area (Å²) in [5.74, 6) is -0.396. The number of nitro groups is 1. The molecule has 20 heavy (non-hydrogen) atoms. The van der Waals surface area contributed by atoms with E-state index in [1.807, 2.05) is 6.07 Å². The van der Waals surface area contributed by atoms with Crippen molar-refractivity contribution in [3.63, 3.8) is 0 Å². The van der Waals surface area contributed by atoms with Gasteiger partial charge in [0.25, 0.3) is 0 Å². The Bertz CT molecular complexity index is 733. The monoisotopic (exact) mass is 267 g/mol. The Labute approximate surface area is 114 Å². The van der Waals surface area contributed by atoms with Crippen molar-refractivity contribution in [2.24, 2.45) is 0 Å². The van der Waals surface area contributed by atoms with Crippen LogP contribution in [0.3, 0.4) is 0 Å². The quantitative estimate of drug-likeness (QED) is 0.680. The maximum absolute atomic E-state index is 10.6. The Morgan fingerprint density at radius 2 is 2.15 bits per heavy atom. The summed E-state index contributed by atoms with van der Waals surface area (Å²) < 4.78 is 0. The summed E-state index contributed by atoms with van der Waals surface area (Å²) >= 11 is 0. The van der Waals surface area contributed by atoms with E-state index in [9.17, 15) is 15.2 Å². The largest absolute Gasteiger partial charge is 0.502 e. The molecule has 1 aromatic carbocycles. The lowest BCUT2D eigenvalue weighted by molar-refractivity contribution is -0.385. The summed E-state index contributed by atoms with van der Waals surface area (Å²) in [7, 11) is 0. The van der Waals surface area contributed by atoms with Gasteiger partial charge >= 0.3 is 5.69 Å². The maximum atomic E-state index is 10.6. The first kappa shape index (κ1) is 13.2. The van der Waals surface area contributed by atoms with Crippen LogP contribution in [0.15, 0.2) is 36.7 Å². The third-order valence-electron chi connectivity index (χ3n) is 2.63. The smallest absolute Gasteiger partial charge is 0.310 e. The average Bonchev–Trinajstić information content (AvgIpc) is 2.45. The van der Waals surface area contributed by atoms with Gasteiger partial charge in [0.2, 0.25) is 0 Å². The van der Waals surface area contributed by atoms with E-state index in [1.54, 1.807) is 24.4 Å². The minimum atomic E-state index is -0.653. The number of rotatable bonds is 3. The standard InChI is InChI=1S/C14H9N3O3/c15-8-12-9-16-6-5-11(12)3-1-10-2-4-13(17(19)20)14(18)7-10/h1-7,9,18H. The second-order valence-electron chi connectivity index (χ2n) is 3.91. The molecular weight excluding hydrogens is 258 g/mol. The number of aromatic nitrogens is 1. The summed E-state index contributed by atoms with van der Waals surface area (Å²) in [6.45, 7) is 0. The van der Waals surface area contributed by atoms with Gasteiger partial charge in [0, 0.05) is 18.5 Å². The number of pyridine rings is 1. The van der Waals surface area contributed by atoms with E-state index in [1.165, 1.54) is 24.4 Å². The molecule has 1 aromatic heterocycles. The zero-order valence-electron chi connectivity index (χ0n) is 10.2. The van der Waals surface area contributed by atoms with E-state index in [2.05, 4.69) is 4.98 Å². The van der Waals surface area contributed by atoms with E-state index in [-0.39, 0.29) is 5.69 Å². The molecule has 0 bridgehead atoms. The van der Waals surface area contributed by atoms with Crippen molar-refractivity contribution in [3.05, 3.63) is 63.5 Å². The van der Waals surface area contributed by atoms with Crippen molar-refractivity contribution in [3.8, 4) is 11.8 Å². The van der Waals surface area contributed by atoms with Gasteiger partial charge in [-0.2, -0.15) is 5.26 Å². The van der Waals surface area contributed by atoms with Crippen LogP contribution in [0.1, 0.15) is 16.7 Å². The molecule has 0 spiro atoms. The number of benzene rings is 1. The number of phenolic OH excluding ortho intramolecular Hbond substituents is 1. The molecule has 1 N–H and O–H groups in total. The zero-order valence-corrected chi connectivity index (χ0v) is 10.2. The molecular formula is C14H9N3O3. The first-order valence-electron chi connectivity index (χ1n) is 5.61. The SMILES string of the molecule is N#Cc1cnccc1C=Cc1ccc([N+](=O)[O-])c(O)c1. The van der Waals surface area contributed by atoms with E-state index < -0.39 is 10.7 Å².